The molecule has 0 saturated heterocycles. The Morgan fingerprint density at radius 1 is 1.32 bits per heavy atom. The highest BCUT2D eigenvalue weighted by molar-refractivity contribution is 5.85. The van der Waals surface area contributed by atoms with E-state index in [0.29, 0.717) is 24.7 Å². The van der Waals surface area contributed by atoms with Crippen LogP contribution in [-0.4, -0.2) is 22.6 Å². The molecule has 1 unspecified atom stereocenters. The van der Waals surface area contributed by atoms with Crippen molar-refractivity contribution in [2.45, 2.75) is 45.1 Å². The zero-order valence-corrected chi connectivity index (χ0v) is 15.2. The molecule has 1 amide bonds. The molecule has 1 saturated carbocycles. The lowest BCUT2D eigenvalue weighted by atomic mass is 9.85. The van der Waals surface area contributed by atoms with Gasteiger partial charge in [-0.25, -0.2) is 0 Å². The maximum Gasteiger partial charge on any atom is 0.231 e. The molecule has 1 aromatic heterocycles. The Morgan fingerprint density at radius 3 is 2.64 bits per heavy atom. The van der Waals surface area contributed by atoms with E-state index in [0.717, 1.165) is 31.2 Å². The van der Waals surface area contributed by atoms with Crippen molar-refractivity contribution in [3.05, 3.63) is 47.6 Å². The van der Waals surface area contributed by atoms with E-state index in [1.165, 1.54) is 0 Å². The highest BCUT2D eigenvalue weighted by atomic mass is 35.5. The van der Waals surface area contributed by atoms with E-state index in [9.17, 15) is 4.79 Å². The minimum absolute atomic E-state index is 0. The van der Waals surface area contributed by atoms with Gasteiger partial charge in [0.2, 0.25) is 11.8 Å². The van der Waals surface area contributed by atoms with Gasteiger partial charge in [-0.05, 0) is 25.3 Å². The molecule has 1 aliphatic carbocycles. The number of benzene rings is 1. The Hall–Kier alpha value is -1.92. The molecule has 1 heterocycles. The molecule has 0 aliphatic heterocycles. The van der Waals surface area contributed by atoms with Crippen molar-refractivity contribution >= 4 is 18.3 Å². The first-order valence-corrected chi connectivity index (χ1v) is 8.50. The molecule has 1 aromatic carbocycles. The van der Waals surface area contributed by atoms with Crippen LogP contribution in [0, 0.1) is 5.41 Å². The summed E-state index contributed by atoms with van der Waals surface area (Å²) in [5.41, 5.74) is 6.55. The third-order valence-electron chi connectivity index (χ3n) is 4.85. The summed E-state index contributed by atoms with van der Waals surface area (Å²) in [7, 11) is 0. The molecule has 7 heteroatoms. The molecule has 0 bridgehead atoms. The molecule has 1 atom stereocenters. The SMILES string of the molecule is CC(NC(=O)C1(CN)CCCC1)c1noc(Cc2ccccc2)n1.Cl. The Bertz CT molecular complexity index is 683. The summed E-state index contributed by atoms with van der Waals surface area (Å²) in [6.07, 6.45) is 4.41. The van der Waals surface area contributed by atoms with Crippen LogP contribution < -0.4 is 11.1 Å². The van der Waals surface area contributed by atoms with E-state index in [-0.39, 0.29) is 24.4 Å². The molecule has 0 spiro atoms. The number of amides is 1. The highest BCUT2D eigenvalue weighted by Crippen LogP contribution is 2.37. The molecule has 0 radical (unpaired) electrons. The Labute approximate surface area is 154 Å². The number of carbonyl (C=O) groups excluding carboxylic acids is 1. The van der Waals surface area contributed by atoms with E-state index >= 15 is 0 Å². The molecule has 3 rings (SSSR count). The average molecular weight is 365 g/mol. The van der Waals surface area contributed by atoms with Crippen LogP contribution in [0.1, 0.15) is 55.9 Å². The third kappa shape index (κ3) is 4.38. The minimum atomic E-state index is -0.426. The first-order chi connectivity index (χ1) is 11.6. The van der Waals surface area contributed by atoms with Crippen molar-refractivity contribution in [1.82, 2.24) is 15.5 Å². The standard InChI is InChI=1S/C18H24N4O2.ClH/c1-13(20-17(23)18(12-19)9-5-6-10-18)16-21-15(24-22-16)11-14-7-3-2-4-8-14;/h2-4,7-8,13H,5-6,9-12,19H2,1H3,(H,20,23);1H. The van der Waals surface area contributed by atoms with Gasteiger partial charge in [0.15, 0.2) is 5.82 Å². The average Bonchev–Trinajstić information content (AvgIpc) is 3.25. The van der Waals surface area contributed by atoms with Crippen LogP contribution in [0.2, 0.25) is 0 Å². The molecule has 136 valence electrons. The van der Waals surface area contributed by atoms with Crippen molar-refractivity contribution < 1.29 is 9.32 Å². The van der Waals surface area contributed by atoms with Crippen molar-refractivity contribution in [3.63, 3.8) is 0 Å². The summed E-state index contributed by atoms with van der Waals surface area (Å²) >= 11 is 0. The van der Waals surface area contributed by atoms with Crippen LogP contribution >= 0.6 is 12.4 Å². The van der Waals surface area contributed by atoms with Crippen LogP contribution in [0.25, 0.3) is 0 Å². The summed E-state index contributed by atoms with van der Waals surface area (Å²) in [5, 5.41) is 7.01. The minimum Gasteiger partial charge on any atom is -0.346 e. The van der Waals surface area contributed by atoms with Gasteiger partial charge in [-0.1, -0.05) is 48.3 Å². The molecule has 25 heavy (non-hydrogen) atoms. The van der Waals surface area contributed by atoms with E-state index < -0.39 is 5.41 Å². The van der Waals surface area contributed by atoms with Crippen LogP contribution in [0.3, 0.4) is 0 Å². The van der Waals surface area contributed by atoms with Gasteiger partial charge in [-0.3, -0.25) is 4.79 Å². The number of rotatable bonds is 6. The van der Waals surface area contributed by atoms with Gasteiger partial charge in [0, 0.05) is 6.54 Å². The highest BCUT2D eigenvalue weighted by Gasteiger charge is 2.40. The van der Waals surface area contributed by atoms with E-state index in [1.54, 1.807) is 0 Å². The number of halogens is 1. The number of hydrogen-bond donors (Lipinski definition) is 2. The van der Waals surface area contributed by atoms with Crippen molar-refractivity contribution in [2.75, 3.05) is 6.54 Å². The largest absolute Gasteiger partial charge is 0.346 e. The van der Waals surface area contributed by atoms with Crippen LogP contribution in [-0.2, 0) is 11.2 Å². The van der Waals surface area contributed by atoms with Crippen molar-refractivity contribution in [1.29, 1.82) is 0 Å². The van der Waals surface area contributed by atoms with Gasteiger partial charge in [-0.15, -0.1) is 12.4 Å². The zero-order chi connectivity index (χ0) is 17.0. The normalized spacial score (nSPS) is 16.9. The lowest BCUT2D eigenvalue weighted by Crippen LogP contribution is -2.45. The topological polar surface area (TPSA) is 94.0 Å². The number of nitrogens with two attached hydrogens (primary N) is 1. The molecule has 2 aromatic rings. The second kappa shape index (κ2) is 8.45. The second-order valence-electron chi connectivity index (χ2n) is 6.60. The van der Waals surface area contributed by atoms with Gasteiger partial charge >= 0.3 is 0 Å². The van der Waals surface area contributed by atoms with Crippen molar-refractivity contribution in [3.8, 4) is 0 Å². The summed E-state index contributed by atoms with van der Waals surface area (Å²) < 4.78 is 5.31. The first kappa shape index (κ1) is 19.4. The van der Waals surface area contributed by atoms with Crippen LogP contribution in [0.5, 0.6) is 0 Å². The van der Waals surface area contributed by atoms with E-state index in [4.69, 9.17) is 10.3 Å². The maximum absolute atomic E-state index is 12.6. The Kier molecular flexibility index (Phi) is 6.56. The smallest absolute Gasteiger partial charge is 0.231 e. The quantitative estimate of drug-likeness (QED) is 0.821. The number of nitrogens with one attached hydrogen (secondary N) is 1. The maximum atomic E-state index is 12.6. The number of hydrogen-bond acceptors (Lipinski definition) is 5. The monoisotopic (exact) mass is 364 g/mol. The van der Waals surface area contributed by atoms with Crippen LogP contribution in [0.4, 0.5) is 0 Å². The summed E-state index contributed by atoms with van der Waals surface area (Å²) in [4.78, 5) is 17.0. The summed E-state index contributed by atoms with van der Waals surface area (Å²) in [6.45, 7) is 2.26. The Morgan fingerprint density at radius 2 is 2.00 bits per heavy atom. The number of carbonyl (C=O) groups is 1. The lowest BCUT2D eigenvalue weighted by Gasteiger charge is -2.27. The number of nitrogens with zero attached hydrogens (tertiary/aromatic N) is 2. The van der Waals surface area contributed by atoms with Gasteiger partial charge in [0.05, 0.1) is 17.9 Å². The molecule has 3 N–H and O–H groups in total. The lowest BCUT2D eigenvalue weighted by molar-refractivity contribution is -0.131. The predicted octanol–water partition coefficient (Wildman–Crippen LogP) is 2.78. The molecular weight excluding hydrogens is 340 g/mol. The fraction of sp³-hybridized carbons (Fsp3) is 0.500. The fourth-order valence-corrected chi connectivity index (χ4v) is 3.28. The summed E-state index contributed by atoms with van der Waals surface area (Å²) in [5.74, 6) is 1.05. The second-order valence-corrected chi connectivity index (χ2v) is 6.60. The van der Waals surface area contributed by atoms with E-state index in [1.807, 2.05) is 37.3 Å². The third-order valence-corrected chi connectivity index (χ3v) is 4.85. The molecular formula is C18H25ClN4O2. The zero-order valence-electron chi connectivity index (χ0n) is 14.4. The van der Waals surface area contributed by atoms with Gasteiger partial charge in [-0.2, -0.15) is 4.98 Å². The Balaban J connectivity index is 0.00000225. The first-order valence-electron chi connectivity index (χ1n) is 8.50. The van der Waals surface area contributed by atoms with Crippen LogP contribution in [0.15, 0.2) is 34.9 Å². The fourth-order valence-electron chi connectivity index (χ4n) is 3.28. The predicted molar refractivity (Wildman–Crippen MR) is 97.3 cm³/mol. The molecule has 6 nitrogen and oxygen atoms in total. The molecule has 1 aliphatic rings. The van der Waals surface area contributed by atoms with Gasteiger partial charge < -0.3 is 15.6 Å². The van der Waals surface area contributed by atoms with Gasteiger partial charge in [0.1, 0.15) is 0 Å². The molecule has 1 fully saturated rings. The summed E-state index contributed by atoms with van der Waals surface area (Å²) in [6, 6.07) is 9.65. The van der Waals surface area contributed by atoms with Gasteiger partial charge in [0.25, 0.3) is 0 Å². The van der Waals surface area contributed by atoms with Crippen molar-refractivity contribution in [2.24, 2.45) is 11.1 Å². The van der Waals surface area contributed by atoms with E-state index in [2.05, 4.69) is 15.5 Å². The number of aromatic nitrogens is 2.